The van der Waals surface area contributed by atoms with Crippen molar-refractivity contribution in [3.8, 4) is 0 Å². The van der Waals surface area contributed by atoms with Crippen LogP contribution in [-0.4, -0.2) is 16.1 Å². The number of aliphatic hydroxyl groups excluding tert-OH is 1. The van der Waals surface area contributed by atoms with E-state index in [1.165, 1.54) is 6.92 Å². The minimum Gasteiger partial charge on any atom is -0.381 e. The molecule has 2 atom stereocenters. The van der Waals surface area contributed by atoms with Gasteiger partial charge in [-0.1, -0.05) is 30.3 Å². The Hall–Kier alpha value is -1.42. The molecule has 0 bridgehead atoms. The van der Waals surface area contributed by atoms with E-state index in [9.17, 15) is 15.2 Å². The number of nitrogens with zero attached hydrogens (tertiary/aromatic N) is 1. The smallest absolute Gasteiger partial charge is 0.239 e. The molecule has 4 heteroatoms. The van der Waals surface area contributed by atoms with Crippen molar-refractivity contribution >= 4 is 0 Å². The normalized spacial score (nSPS) is 14.9. The number of benzene rings is 1. The third kappa shape index (κ3) is 2.26. The molecule has 1 N–H and O–H groups in total. The lowest BCUT2D eigenvalue weighted by molar-refractivity contribution is -0.531. The first kappa shape index (κ1) is 9.67. The first-order valence-corrected chi connectivity index (χ1v) is 3.99. The van der Waals surface area contributed by atoms with E-state index in [4.69, 9.17) is 0 Å². The number of hydrogen-bond donors (Lipinski definition) is 1. The summed E-state index contributed by atoms with van der Waals surface area (Å²) in [5.41, 5.74) is 0.576. The molecular weight excluding hydrogens is 170 g/mol. The second kappa shape index (κ2) is 4.00. The molecule has 0 radical (unpaired) electrons. The molecule has 1 aromatic rings. The highest BCUT2D eigenvalue weighted by Gasteiger charge is 2.25. The zero-order valence-corrected chi connectivity index (χ0v) is 7.25. The van der Waals surface area contributed by atoms with Gasteiger partial charge in [-0.15, -0.1) is 0 Å². The molecule has 0 spiro atoms. The summed E-state index contributed by atoms with van der Waals surface area (Å²) in [7, 11) is 0. The molecule has 0 aromatic heterocycles. The van der Waals surface area contributed by atoms with Crippen LogP contribution in [0.15, 0.2) is 30.3 Å². The lowest BCUT2D eigenvalue weighted by Gasteiger charge is -2.11. The molecule has 0 saturated heterocycles. The number of rotatable bonds is 3. The van der Waals surface area contributed by atoms with E-state index >= 15 is 0 Å². The van der Waals surface area contributed by atoms with Crippen molar-refractivity contribution in [2.24, 2.45) is 0 Å². The van der Waals surface area contributed by atoms with Crippen molar-refractivity contribution in [3.05, 3.63) is 46.0 Å². The van der Waals surface area contributed by atoms with Gasteiger partial charge in [-0.3, -0.25) is 10.1 Å². The molecule has 4 nitrogen and oxygen atoms in total. The molecule has 0 aliphatic carbocycles. The molecule has 0 amide bonds. The number of aliphatic hydroxyl groups is 1. The Balaban J connectivity index is 2.79. The van der Waals surface area contributed by atoms with Gasteiger partial charge in [-0.25, -0.2) is 0 Å². The van der Waals surface area contributed by atoms with Crippen molar-refractivity contribution in [2.45, 2.75) is 19.1 Å². The summed E-state index contributed by atoms with van der Waals surface area (Å²) in [6.07, 6.45) is -1.03. The Morgan fingerprint density at radius 1 is 1.38 bits per heavy atom. The van der Waals surface area contributed by atoms with E-state index in [1.807, 2.05) is 0 Å². The van der Waals surface area contributed by atoms with Crippen molar-refractivity contribution in [1.82, 2.24) is 0 Å². The summed E-state index contributed by atoms with van der Waals surface area (Å²) in [4.78, 5) is 9.87. The van der Waals surface area contributed by atoms with Crippen LogP contribution in [0.5, 0.6) is 0 Å². The van der Waals surface area contributed by atoms with Gasteiger partial charge < -0.3 is 5.11 Å². The van der Waals surface area contributed by atoms with Gasteiger partial charge in [0.15, 0.2) is 0 Å². The fourth-order valence-electron chi connectivity index (χ4n) is 1.04. The average Bonchev–Trinajstić information content (AvgIpc) is 2.17. The summed E-state index contributed by atoms with van der Waals surface area (Å²) in [5.74, 6) is 0. The molecule has 0 aliphatic heterocycles. The number of hydrogen-bond acceptors (Lipinski definition) is 3. The second-order valence-electron chi connectivity index (χ2n) is 2.88. The van der Waals surface area contributed by atoms with Gasteiger partial charge >= 0.3 is 0 Å². The predicted octanol–water partition coefficient (Wildman–Crippen LogP) is 1.39. The minimum atomic E-state index is -1.03. The Morgan fingerprint density at radius 2 is 1.92 bits per heavy atom. The number of nitro groups is 1. The molecule has 1 rings (SSSR count). The van der Waals surface area contributed by atoms with Gasteiger partial charge in [0.25, 0.3) is 0 Å². The Morgan fingerprint density at radius 3 is 2.38 bits per heavy atom. The third-order valence-electron chi connectivity index (χ3n) is 1.93. The molecule has 0 saturated carbocycles. The Bertz CT molecular complexity index is 286. The van der Waals surface area contributed by atoms with Crippen molar-refractivity contribution in [1.29, 1.82) is 0 Å². The van der Waals surface area contributed by atoms with Crippen LogP contribution >= 0.6 is 0 Å². The molecule has 70 valence electrons. The fourth-order valence-corrected chi connectivity index (χ4v) is 1.04. The average molecular weight is 181 g/mol. The van der Waals surface area contributed by atoms with Crippen LogP contribution < -0.4 is 0 Å². The Labute approximate surface area is 76.0 Å². The maximum absolute atomic E-state index is 10.4. The van der Waals surface area contributed by atoms with Gasteiger partial charge in [0.2, 0.25) is 6.04 Å². The van der Waals surface area contributed by atoms with Crippen LogP contribution in [0.25, 0.3) is 0 Å². The molecule has 0 heterocycles. The van der Waals surface area contributed by atoms with Crippen molar-refractivity contribution in [2.75, 3.05) is 0 Å². The van der Waals surface area contributed by atoms with E-state index in [0.29, 0.717) is 5.56 Å². The summed E-state index contributed by atoms with van der Waals surface area (Å²) in [5, 5.41) is 19.9. The lowest BCUT2D eigenvalue weighted by atomic mass is 10.0. The zero-order valence-electron chi connectivity index (χ0n) is 7.25. The topological polar surface area (TPSA) is 63.4 Å². The van der Waals surface area contributed by atoms with Crippen LogP contribution in [0.2, 0.25) is 0 Å². The van der Waals surface area contributed by atoms with Crippen molar-refractivity contribution < 1.29 is 10.0 Å². The van der Waals surface area contributed by atoms with E-state index in [0.717, 1.165) is 0 Å². The Kier molecular flexibility index (Phi) is 2.97. The third-order valence-corrected chi connectivity index (χ3v) is 1.93. The largest absolute Gasteiger partial charge is 0.381 e. The zero-order chi connectivity index (χ0) is 9.84. The van der Waals surface area contributed by atoms with Crippen LogP contribution in [-0.2, 0) is 0 Å². The standard InChI is InChI=1S/C9H11NO3/c1-7(10(12)13)9(11)8-5-3-2-4-6-8/h2-7,9,11H,1H3. The van der Waals surface area contributed by atoms with E-state index < -0.39 is 17.1 Å². The quantitative estimate of drug-likeness (QED) is 0.566. The molecular formula is C9H11NO3. The van der Waals surface area contributed by atoms with E-state index in [1.54, 1.807) is 30.3 Å². The fraction of sp³-hybridized carbons (Fsp3) is 0.333. The summed E-state index contributed by atoms with van der Waals surface area (Å²) in [6.45, 7) is 1.39. The van der Waals surface area contributed by atoms with E-state index in [2.05, 4.69) is 0 Å². The first-order chi connectivity index (χ1) is 6.13. The minimum absolute atomic E-state index is 0.488. The van der Waals surface area contributed by atoms with Gasteiger partial charge in [0, 0.05) is 11.8 Å². The van der Waals surface area contributed by atoms with Crippen LogP contribution in [0.1, 0.15) is 18.6 Å². The van der Waals surface area contributed by atoms with Gasteiger partial charge in [-0.05, 0) is 5.56 Å². The molecule has 13 heavy (non-hydrogen) atoms. The van der Waals surface area contributed by atoms with E-state index in [-0.39, 0.29) is 0 Å². The van der Waals surface area contributed by atoms with Gasteiger partial charge in [-0.2, -0.15) is 0 Å². The highest BCUT2D eigenvalue weighted by Crippen LogP contribution is 2.17. The lowest BCUT2D eigenvalue weighted by Crippen LogP contribution is -2.23. The first-order valence-electron chi connectivity index (χ1n) is 3.99. The highest BCUT2D eigenvalue weighted by molar-refractivity contribution is 5.17. The molecule has 1 aromatic carbocycles. The van der Waals surface area contributed by atoms with Crippen LogP contribution in [0.4, 0.5) is 0 Å². The summed E-state index contributed by atoms with van der Waals surface area (Å²) in [6, 6.07) is 7.65. The molecule has 0 fully saturated rings. The molecule has 0 aliphatic rings. The predicted molar refractivity (Wildman–Crippen MR) is 47.9 cm³/mol. The molecule has 2 unspecified atom stereocenters. The summed E-state index contributed by atoms with van der Waals surface area (Å²) >= 11 is 0. The summed E-state index contributed by atoms with van der Waals surface area (Å²) < 4.78 is 0. The maximum atomic E-state index is 10.4. The van der Waals surface area contributed by atoms with Crippen LogP contribution in [0.3, 0.4) is 0 Å². The SMILES string of the molecule is CC(C(O)c1ccccc1)[N+](=O)[O-]. The highest BCUT2D eigenvalue weighted by atomic mass is 16.6. The van der Waals surface area contributed by atoms with Crippen molar-refractivity contribution in [3.63, 3.8) is 0 Å². The van der Waals surface area contributed by atoms with Gasteiger partial charge in [0.05, 0.1) is 0 Å². The van der Waals surface area contributed by atoms with Crippen LogP contribution in [0, 0.1) is 10.1 Å². The van der Waals surface area contributed by atoms with Gasteiger partial charge in [0.1, 0.15) is 6.10 Å². The maximum Gasteiger partial charge on any atom is 0.239 e. The second-order valence-corrected chi connectivity index (χ2v) is 2.88. The monoisotopic (exact) mass is 181 g/mol.